The Morgan fingerprint density at radius 1 is 1.10 bits per heavy atom. The zero-order valence-corrected chi connectivity index (χ0v) is 13.0. The molecule has 0 bridgehead atoms. The molecule has 3 nitrogen and oxygen atoms in total. The maximum Gasteiger partial charge on any atom is 0.175 e. The molecule has 0 aliphatic rings. The second-order valence-electron chi connectivity index (χ2n) is 4.70. The average molecular weight is 304 g/mol. The number of rotatable bonds is 3. The van der Waals surface area contributed by atoms with Gasteiger partial charge in [0.1, 0.15) is 11.6 Å². The molecule has 0 amide bonds. The Balaban J connectivity index is 2.15. The summed E-state index contributed by atoms with van der Waals surface area (Å²) in [4.78, 5) is 0. The van der Waals surface area contributed by atoms with Crippen LogP contribution in [-0.2, 0) is 0 Å². The Hall–Kier alpha value is -2.14. The van der Waals surface area contributed by atoms with Crippen molar-refractivity contribution in [3.63, 3.8) is 0 Å². The predicted molar refractivity (Wildman–Crippen MR) is 88.7 cm³/mol. The van der Waals surface area contributed by atoms with Crippen molar-refractivity contribution in [2.24, 2.45) is 0 Å². The van der Waals surface area contributed by atoms with Gasteiger partial charge in [0.05, 0.1) is 12.8 Å². The fourth-order valence-electron chi connectivity index (χ4n) is 1.94. The van der Waals surface area contributed by atoms with Crippen molar-refractivity contribution in [1.29, 1.82) is 0 Å². The van der Waals surface area contributed by atoms with Gasteiger partial charge >= 0.3 is 0 Å². The zero-order chi connectivity index (χ0) is 15.4. The Morgan fingerprint density at radius 3 is 2.52 bits per heavy atom. The minimum atomic E-state index is -0.268. The first kappa shape index (κ1) is 15.3. The van der Waals surface area contributed by atoms with Crippen LogP contribution in [0.4, 0.5) is 15.8 Å². The highest BCUT2D eigenvalue weighted by atomic mass is 32.1. The van der Waals surface area contributed by atoms with Gasteiger partial charge in [-0.3, -0.25) is 0 Å². The third-order valence-electron chi connectivity index (χ3n) is 3.12. The number of benzene rings is 2. The molecule has 0 atom stereocenters. The average Bonchev–Trinajstić information content (AvgIpc) is 2.44. The molecule has 0 aliphatic heterocycles. The van der Waals surface area contributed by atoms with Crippen LogP contribution in [0.2, 0.25) is 0 Å². The quantitative estimate of drug-likeness (QED) is 0.830. The highest BCUT2D eigenvalue weighted by molar-refractivity contribution is 7.80. The van der Waals surface area contributed by atoms with E-state index in [0.29, 0.717) is 22.1 Å². The van der Waals surface area contributed by atoms with Crippen molar-refractivity contribution in [2.45, 2.75) is 13.8 Å². The van der Waals surface area contributed by atoms with Crippen LogP contribution in [0.5, 0.6) is 5.75 Å². The number of ether oxygens (including phenoxy) is 1. The van der Waals surface area contributed by atoms with E-state index in [1.54, 1.807) is 26.2 Å². The van der Waals surface area contributed by atoms with Gasteiger partial charge < -0.3 is 15.4 Å². The number of nitrogens with one attached hydrogen (secondary N) is 2. The van der Waals surface area contributed by atoms with E-state index in [0.717, 1.165) is 11.3 Å². The highest BCUT2D eigenvalue weighted by Gasteiger charge is 2.08. The van der Waals surface area contributed by atoms with Crippen LogP contribution >= 0.6 is 12.2 Å². The van der Waals surface area contributed by atoms with Crippen LogP contribution in [0.3, 0.4) is 0 Å². The summed E-state index contributed by atoms with van der Waals surface area (Å²) in [5.41, 5.74) is 3.02. The van der Waals surface area contributed by atoms with Crippen molar-refractivity contribution < 1.29 is 9.13 Å². The molecule has 2 aromatic carbocycles. The van der Waals surface area contributed by atoms with Crippen LogP contribution in [0.25, 0.3) is 0 Å². The third kappa shape index (κ3) is 3.70. The maximum absolute atomic E-state index is 13.5. The molecule has 0 saturated carbocycles. The molecular formula is C16H17FN2OS. The molecule has 0 saturated heterocycles. The van der Waals surface area contributed by atoms with Gasteiger partial charge in [0.2, 0.25) is 0 Å². The number of hydrogen-bond donors (Lipinski definition) is 2. The Morgan fingerprint density at radius 2 is 1.81 bits per heavy atom. The molecule has 21 heavy (non-hydrogen) atoms. The highest BCUT2D eigenvalue weighted by Crippen LogP contribution is 2.25. The monoisotopic (exact) mass is 304 g/mol. The molecular weight excluding hydrogens is 287 g/mol. The van der Waals surface area contributed by atoms with Crippen LogP contribution in [0.1, 0.15) is 11.1 Å². The summed E-state index contributed by atoms with van der Waals surface area (Å²) in [7, 11) is 1.60. The number of halogens is 1. The minimum absolute atomic E-state index is 0.268. The van der Waals surface area contributed by atoms with Gasteiger partial charge in [0.25, 0.3) is 0 Å². The lowest BCUT2D eigenvalue weighted by atomic mass is 10.2. The molecule has 0 aromatic heterocycles. The topological polar surface area (TPSA) is 33.3 Å². The number of aryl methyl sites for hydroxylation is 1. The molecule has 2 rings (SSSR count). The van der Waals surface area contributed by atoms with Gasteiger partial charge in [0.15, 0.2) is 5.11 Å². The second-order valence-corrected chi connectivity index (χ2v) is 5.10. The van der Waals surface area contributed by atoms with Crippen LogP contribution in [0, 0.1) is 19.7 Å². The molecule has 0 heterocycles. The molecule has 2 N–H and O–H groups in total. The summed E-state index contributed by atoms with van der Waals surface area (Å²) >= 11 is 5.27. The number of methoxy groups -OCH3 is 1. The van der Waals surface area contributed by atoms with E-state index in [1.807, 2.05) is 25.1 Å². The van der Waals surface area contributed by atoms with Crippen molar-refractivity contribution in [3.05, 3.63) is 53.3 Å². The lowest BCUT2D eigenvalue weighted by Gasteiger charge is -2.15. The summed E-state index contributed by atoms with van der Waals surface area (Å²) in [5, 5.41) is 6.45. The lowest BCUT2D eigenvalue weighted by molar-refractivity contribution is 0.417. The molecule has 0 radical (unpaired) electrons. The van der Waals surface area contributed by atoms with Gasteiger partial charge in [-0.25, -0.2) is 4.39 Å². The minimum Gasteiger partial charge on any atom is -0.495 e. The first-order valence-corrected chi connectivity index (χ1v) is 6.90. The Labute approximate surface area is 129 Å². The van der Waals surface area contributed by atoms with E-state index >= 15 is 0 Å². The van der Waals surface area contributed by atoms with Gasteiger partial charge in [-0.05, 0) is 55.9 Å². The number of hydrogen-bond acceptors (Lipinski definition) is 2. The van der Waals surface area contributed by atoms with Gasteiger partial charge in [-0.2, -0.15) is 0 Å². The van der Waals surface area contributed by atoms with Crippen LogP contribution in [-0.4, -0.2) is 12.2 Å². The van der Waals surface area contributed by atoms with Crippen LogP contribution in [0.15, 0.2) is 36.4 Å². The molecule has 2 aromatic rings. The molecule has 0 aliphatic carbocycles. The second kappa shape index (κ2) is 6.54. The predicted octanol–water partition coefficient (Wildman–Crippen LogP) is 4.26. The summed E-state index contributed by atoms with van der Waals surface area (Å²) in [6.07, 6.45) is 0. The van der Waals surface area contributed by atoms with Crippen molar-refractivity contribution in [1.82, 2.24) is 0 Å². The van der Waals surface area contributed by atoms with Gasteiger partial charge in [0, 0.05) is 11.3 Å². The Bertz CT molecular complexity index is 673. The Kier molecular flexibility index (Phi) is 4.75. The summed E-state index contributed by atoms with van der Waals surface area (Å²) < 4.78 is 18.8. The van der Waals surface area contributed by atoms with Crippen molar-refractivity contribution in [2.75, 3.05) is 17.7 Å². The molecule has 0 unspecified atom stereocenters. The SMILES string of the molecule is COc1ccc(C)cc1NC(=S)Nc1cccc(F)c1C. The summed E-state index contributed by atoms with van der Waals surface area (Å²) in [6, 6.07) is 10.6. The summed E-state index contributed by atoms with van der Waals surface area (Å²) in [6.45, 7) is 3.69. The first-order valence-electron chi connectivity index (χ1n) is 6.49. The van der Waals surface area contributed by atoms with E-state index in [1.165, 1.54) is 6.07 Å². The molecule has 110 valence electrons. The van der Waals surface area contributed by atoms with E-state index in [2.05, 4.69) is 10.6 Å². The lowest BCUT2D eigenvalue weighted by Crippen LogP contribution is -2.20. The van der Waals surface area contributed by atoms with E-state index in [-0.39, 0.29) is 5.82 Å². The molecule has 5 heteroatoms. The van der Waals surface area contributed by atoms with E-state index in [9.17, 15) is 4.39 Å². The van der Waals surface area contributed by atoms with E-state index in [4.69, 9.17) is 17.0 Å². The maximum atomic E-state index is 13.5. The fourth-order valence-corrected chi connectivity index (χ4v) is 2.16. The molecule has 0 fully saturated rings. The first-order chi connectivity index (χ1) is 10.0. The van der Waals surface area contributed by atoms with Gasteiger partial charge in [-0.1, -0.05) is 12.1 Å². The molecule has 0 spiro atoms. The van der Waals surface area contributed by atoms with Crippen molar-refractivity contribution >= 4 is 28.7 Å². The fraction of sp³-hybridized carbons (Fsp3) is 0.188. The largest absolute Gasteiger partial charge is 0.495 e. The normalized spacial score (nSPS) is 10.1. The van der Waals surface area contributed by atoms with Gasteiger partial charge in [-0.15, -0.1) is 0 Å². The summed E-state index contributed by atoms with van der Waals surface area (Å²) in [5.74, 6) is 0.427. The number of anilines is 2. The van der Waals surface area contributed by atoms with Crippen LogP contribution < -0.4 is 15.4 Å². The van der Waals surface area contributed by atoms with Crippen molar-refractivity contribution in [3.8, 4) is 5.75 Å². The van der Waals surface area contributed by atoms with E-state index < -0.39 is 0 Å². The zero-order valence-electron chi connectivity index (χ0n) is 12.2. The third-order valence-corrected chi connectivity index (χ3v) is 3.32. The number of thiocarbonyl (C=S) groups is 1. The standard InChI is InChI=1S/C16H17FN2OS/c1-10-7-8-15(20-3)14(9-10)19-16(21)18-13-6-4-5-12(17)11(13)2/h4-9H,1-3H3,(H2,18,19,21). The smallest absolute Gasteiger partial charge is 0.175 e.